The average molecular weight is 485 g/mol. The van der Waals surface area contributed by atoms with Crippen LogP contribution >= 0.6 is 0 Å². The second-order valence-electron chi connectivity index (χ2n) is 7.31. The van der Waals surface area contributed by atoms with Crippen molar-refractivity contribution in [3.63, 3.8) is 0 Å². The maximum absolute atomic E-state index is 11.5. The minimum absolute atomic E-state index is 0.00301. The molecule has 0 aromatic carbocycles. The summed E-state index contributed by atoms with van der Waals surface area (Å²) in [6, 6.07) is 6.58. The highest BCUT2D eigenvalue weighted by Gasteiger charge is 2.14. The maximum Gasteiger partial charge on any atom is 0.0896 e. The monoisotopic (exact) mass is 485 g/mol. The Kier molecular flexibility index (Phi) is 9.31. The van der Waals surface area contributed by atoms with E-state index in [-0.39, 0.29) is 41.4 Å². The van der Waals surface area contributed by atoms with Crippen molar-refractivity contribution in [1.29, 1.82) is 0 Å². The Morgan fingerprint density at radius 3 is 1.54 bits per heavy atom. The highest BCUT2D eigenvalue weighted by molar-refractivity contribution is 5.87. The van der Waals surface area contributed by atoms with Crippen LogP contribution in [0.25, 0.3) is 11.4 Å². The van der Waals surface area contributed by atoms with Crippen LogP contribution in [0.5, 0.6) is 0 Å². The fraction of sp³-hybridized carbons (Fsp3) is 0.286. The number of carbonyl (C=O) groups is 5. The van der Waals surface area contributed by atoms with Crippen molar-refractivity contribution >= 4 is 29.8 Å². The van der Waals surface area contributed by atoms with E-state index in [1.165, 1.54) is 18.2 Å². The van der Waals surface area contributed by atoms with E-state index >= 15 is 0 Å². The molecule has 2 rings (SSSR count). The van der Waals surface area contributed by atoms with Crippen LogP contribution < -0.4 is 25.5 Å². The minimum atomic E-state index is -1.59. The number of hydrogen-bond acceptors (Lipinski definition) is 14. The first kappa shape index (κ1) is 26.8. The number of hydrogen-bond donors (Lipinski definition) is 0. The number of pyridine rings is 2. The lowest BCUT2D eigenvalue weighted by Crippen LogP contribution is -2.44. The first-order chi connectivity index (χ1) is 16.4. The fourth-order valence-corrected chi connectivity index (χ4v) is 3.15. The Bertz CT molecular complexity index is 1100. The number of aromatic carboxylic acids is 1. The van der Waals surface area contributed by atoms with Crippen molar-refractivity contribution in [2.24, 2.45) is 0 Å². The van der Waals surface area contributed by atoms with Crippen molar-refractivity contribution < 1.29 is 49.5 Å². The lowest BCUT2D eigenvalue weighted by atomic mass is 10.1. The van der Waals surface area contributed by atoms with Crippen molar-refractivity contribution in [3.8, 4) is 11.4 Å². The van der Waals surface area contributed by atoms with Crippen molar-refractivity contribution in [2.45, 2.75) is 13.1 Å². The molecule has 0 spiro atoms. The molecule has 2 aromatic heterocycles. The summed E-state index contributed by atoms with van der Waals surface area (Å²) in [7, 11) is 0. The second-order valence-corrected chi connectivity index (χ2v) is 7.31. The third-order valence-corrected chi connectivity index (χ3v) is 4.37. The van der Waals surface area contributed by atoms with Gasteiger partial charge in [-0.2, -0.15) is 0 Å². The van der Waals surface area contributed by atoms with E-state index in [0.717, 1.165) is 21.9 Å². The van der Waals surface area contributed by atoms with Gasteiger partial charge in [-0.05, 0) is 24.3 Å². The van der Waals surface area contributed by atoms with Crippen LogP contribution in [0.2, 0.25) is 0 Å². The SMILES string of the molecule is O=C([O-])CN(CC(=O)[O-])Cc1cccc(-c2cc(C(=O)[O-])cc(CN(CC(=O)[O-])CC(=O)[O-])n2)n1. The average Bonchev–Trinajstić information content (AvgIpc) is 2.71. The normalized spacial score (nSPS) is 10.9. The molecule has 0 saturated carbocycles. The quantitative estimate of drug-likeness (QED) is 0.242. The smallest absolute Gasteiger partial charge is 0.0896 e. The van der Waals surface area contributed by atoms with Crippen LogP contribution in [0.4, 0.5) is 0 Å². The van der Waals surface area contributed by atoms with Gasteiger partial charge in [0, 0.05) is 44.8 Å². The summed E-state index contributed by atoms with van der Waals surface area (Å²) in [5.74, 6) is -7.78. The Balaban J connectivity index is 2.40. The van der Waals surface area contributed by atoms with E-state index in [0.29, 0.717) is 0 Å². The Morgan fingerprint density at radius 2 is 1.09 bits per heavy atom. The fourth-order valence-electron chi connectivity index (χ4n) is 3.15. The number of carbonyl (C=O) groups excluding carboxylic acids is 5. The Hall–Kier alpha value is -4.43. The molecule has 0 saturated heterocycles. The van der Waals surface area contributed by atoms with Gasteiger partial charge in [-0.3, -0.25) is 9.80 Å². The molecule has 0 fully saturated rings. The molecule has 0 aliphatic carbocycles. The highest BCUT2D eigenvalue weighted by Crippen LogP contribution is 2.19. The number of carboxylic acids is 5. The van der Waals surface area contributed by atoms with Gasteiger partial charge in [-0.1, -0.05) is 6.07 Å². The first-order valence-electron chi connectivity index (χ1n) is 9.85. The first-order valence-corrected chi connectivity index (χ1v) is 9.85. The summed E-state index contributed by atoms with van der Waals surface area (Å²) in [5, 5.41) is 55.1. The van der Waals surface area contributed by atoms with E-state index in [4.69, 9.17) is 0 Å². The van der Waals surface area contributed by atoms with Gasteiger partial charge in [0.1, 0.15) is 0 Å². The maximum atomic E-state index is 11.5. The third kappa shape index (κ3) is 9.15. The second kappa shape index (κ2) is 12.2. The van der Waals surface area contributed by atoms with Crippen molar-refractivity contribution in [3.05, 3.63) is 47.3 Å². The molecule has 0 bridgehead atoms. The predicted octanol–water partition coefficient (Wildman–Crippen LogP) is -6.89. The number of aromatic nitrogens is 2. The minimum Gasteiger partial charge on any atom is -0.549 e. The summed E-state index contributed by atoms with van der Waals surface area (Å²) in [4.78, 5) is 65.4. The largest absolute Gasteiger partial charge is 0.549 e. The molecule has 35 heavy (non-hydrogen) atoms. The van der Waals surface area contributed by atoms with Gasteiger partial charge in [0.25, 0.3) is 0 Å². The molecule has 0 unspecified atom stereocenters. The number of rotatable bonds is 14. The Labute approximate surface area is 197 Å². The van der Waals surface area contributed by atoms with Crippen LogP contribution in [-0.4, -0.2) is 75.8 Å². The molecular weight excluding hydrogens is 468 g/mol. The van der Waals surface area contributed by atoms with Gasteiger partial charge in [0.2, 0.25) is 0 Å². The summed E-state index contributed by atoms with van der Waals surface area (Å²) in [6.07, 6.45) is 0. The number of carboxylic acid groups (broad SMARTS) is 5. The summed E-state index contributed by atoms with van der Waals surface area (Å²) in [5.41, 5.74) is -0.0546. The molecule has 2 heterocycles. The molecule has 0 N–H and O–H groups in total. The molecule has 0 atom stereocenters. The highest BCUT2D eigenvalue weighted by atomic mass is 16.4. The van der Waals surface area contributed by atoms with E-state index in [1.54, 1.807) is 0 Å². The van der Waals surface area contributed by atoms with Gasteiger partial charge in [0.15, 0.2) is 0 Å². The predicted molar refractivity (Wildman–Crippen MR) is 102 cm³/mol. The topological polar surface area (TPSA) is 233 Å². The van der Waals surface area contributed by atoms with Crippen LogP contribution in [-0.2, 0) is 32.3 Å². The standard InChI is InChI=1S/C21H22N4O10/c26-17(27)8-24(9-18(28)29)6-13-2-1-3-15(22-13)16-5-12(21(34)35)4-14(23-16)7-25(10-19(30)31)11-20(32)33/h1-5H,6-11H2,(H,26,27)(H,28,29)(H,30,31)(H,32,33)(H,34,35)/p-5. The lowest BCUT2D eigenvalue weighted by molar-refractivity contribution is -0.313. The van der Waals surface area contributed by atoms with Crippen LogP contribution in [0, 0.1) is 0 Å². The molecule has 0 radical (unpaired) electrons. The number of nitrogens with zero attached hydrogens (tertiary/aromatic N) is 4. The molecular formula is C21H17N4O10-5. The molecule has 14 heteroatoms. The zero-order valence-corrected chi connectivity index (χ0v) is 18.0. The summed E-state index contributed by atoms with van der Waals surface area (Å²) < 4.78 is 0. The third-order valence-electron chi connectivity index (χ3n) is 4.37. The zero-order chi connectivity index (χ0) is 26.1. The molecule has 14 nitrogen and oxygen atoms in total. The van der Waals surface area contributed by atoms with Gasteiger partial charge in [-0.15, -0.1) is 0 Å². The van der Waals surface area contributed by atoms with Crippen LogP contribution in [0.15, 0.2) is 30.3 Å². The summed E-state index contributed by atoms with van der Waals surface area (Å²) in [6.45, 7) is -3.62. The van der Waals surface area contributed by atoms with Gasteiger partial charge in [-0.25, -0.2) is 9.97 Å². The number of aliphatic carboxylic acids is 4. The molecule has 186 valence electrons. The summed E-state index contributed by atoms with van der Waals surface area (Å²) >= 11 is 0. The molecule has 0 aliphatic heterocycles. The van der Waals surface area contributed by atoms with E-state index in [9.17, 15) is 49.5 Å². The molecule has 2 aromatic rings. The van der Waals surface area contributed by atoms with E-state index in [2.05, 4.69) is 9.97 Å². The molecule has 0 amide bonds. The van der Waals surface area contributed by atoms with Crippen molar-refractivity contribution in [1.82, 2.24) is 19.8 Å². The van der Waals surface area contributed by atoms with Crippen molar-refractivity contribution in [2.75, 3.05) is 26.2 Å². The lowest BCUT2D eigenvalue weighted by Gasteiger charge is -2.23. The van der Waals surface area contributed by atoms with E-state index < -0.39 is 56.0 Å². The van der Waals surface area contributed by atoms with E-state index in [1.807, 2.05) is 0 Å². The van der Waals surface area contributed by atoms with Gasteiger partial charge in [0.05, 0.1) is 52.6 Å². The van der Waals surface area contributed by atoms with Crippen LogP contribution in [0.1, 0.15) is 21.7 Å². The Morgan fingerprint density at radius 1 is 0.629 bits per heavy atom. The van der Waals surface area contributed by atoms with Gasteiger partial charge < -0.3 is 49.5 Å². The van der Waals surface area contributed by atoms with Crippen LogP contribution in [0.3, 0.4) is 0 Å². The molecule has 0 aliphatic rings. The zero-order valence-electron chi connectivity index (χ0n) is 18.0. The van der Waals surface area contributed by atoms with Gasteiger partial charge >= 0.3 is 0 Å².